The number of rotatable bonds is 2. The van der Waals surface area contributed by atoms with Gasteiger partial charge in [-0.2, -0.15) is 0 Å². The normalized spacial score (nSPS) is 17.7. The van der Waals surface area contributed by atoms with Crippen molar-refractivity contribution in [1.29, 1.82) is 0 Å². The summed E-state index contributed by atoms with van der Waals surface area (Å²) in [6, 6.07) is 9.20. The number of fused-ring (bicyclic) bond motifs is 2. The van der Waals surface area contributed by atoms with Crippen LogP contribution in [-0.4, -0.2) is 29.1 Å². The molecule has 1 aliphatic carbocycles. The van der Waals surface area contributed by atoms with Gasteiger partial charge in [0.25, 0.3) is 0 Å². The Balaban J connectivity index is 1.60. The molecule has 0 spiro atoms. The van der Waals surface area contributed by atoms with Gasteiger partial charge < -0.3 is 10.6 Å². The molecular weight excluding hydrogens is 272 g/mol. The Labute approximate surface area is 131 Å². The average molecular weight is 294 g/mol. The molecule has 0 amide bonds. The van der Waals surface area contributed by atoms with Gasteiger partial charge in [0, 0.05) is 24.6 Å². The van der Waals surface area contributed by atoms with Gasteiger partial charge >= 0.3 is 0 Å². The van der Waals surface area contributed by atoms with E-state index in [0.717, 1.165) is 50.4 Å². The maximum Gasteiger partial charge on any atom is 0.133 e. The molecule has 0 unspecified atom stereocenters. The van der Waals surface area contributed by atoms with Gasteiger partial charge in [-0.25, -0.2) is 9.97 Å². The van der Waals surface area contributed by atoms with Crippen molar-refractivity contribution < 1.29 is 0 Å². The van der Waals surface area contributed by atoms with Crippen LogP contribution in [-0.2, 0) is 25.7 Å². The summed E-state index contributed by atoms with van der Waals surface area (Å²) >= 11 is 0. The van der Waals surface area contributed by atoms with Crippen LogP contribution in [0.5, 0.6) is 0 Å². The molecule has 0 atom stereocenters. The third kappa shape index (κ3) is 2.59. The highest BCUT2D eigenvalue weighted by Gasteiger charge is 2.23. The van der Waals surface area contributed by atoms with Crippen LogP contribution < -0.4 is 10.6 Å². The first-order valence-electron chi connectivity index (χ1n) is 8.20. The van der Waals surface area contributed by atoms with E-state index in [2.05, 4.69) is 39.9 Å². The van der Waals surface area contributed by atoms with Crippen molar-refractivity contribution in [3.05, 3.63) is 52.5 Å². The summed E-state index contributed by atoms with van der Waals surface area (Å²) in [7, 11) is 0. The van der Waals surface area contributed by atoms with Crippen molar-refractivity contribution in [2.75, 3.05) is 18.4 Å². The van der Waals surface area contributed by atoms with Gasteiger partial charge in [-0.05, 0) is 43.9 Å². The highest BCUT2D eigenvalue weighted by Crippen LogP contribution is 2.26. The summed E-state index contributed by atoms with van der Waals surface area (Å²) in [6.07, 6.45) is 4.19. The third-order valence-electron chi connectivity index (χ3n) is 4.69. The lowest BCUT2D eigenvalue weighted by Crippen LogP contribution is -2.22. The van der Waals surface area contributed by atoms with E-state index >= 15 is 0 Å². The van der Waals surface area contributed by atoms with Crippen LogP contribution >= 0.6 is 0 Å². The molecule has 2 aliphatic rings. The summed E-state index contributed by atoms with van der Waals surface area (Å²) in [5, 5.41) is 7.16. The van der Waals surface area contributed by atoms with E-state index in [-0.39, 0.29) is 0 Å². The molecule has 2 aromatic rings. The monoisotopic (exact) mass is 294 g/mol. The molecule has 1 aromatic heterocycles. The van der Waals surface area contributed by atoms with Gasteiger partial charge in [-0.3, -0.25) is 0 Å². The zero-order valence-electron chi connectivity index (χ0n) is 13.0. The molecule has 0 saturated carbocycles. The van der Waals surface area contributed by atoms with E-state index in [4.69, 9.17) is 4.98 Å². The minimum absolute atomic E-state index is 0.451. The van der Waals surface area contributed by atoms with Gasteiger partial charge in [0.1, 0.15) is 11.6 Å². The number of nitrogens with one attached hydrogen (secondary N) is 2. The van der Waals surface area contributed by atoms with Crippen molar-refractivity contribution >= 4 is 5.82 Å². The number of anilines is 1. The Bertz CT molecular complexity index is 670. The van der Waals surface area contributed by atoms with Gasteiger partial charge in [-0.15, -0.1) is 0 Å². The third-order valence-corrected chi connectivity index (χ3v) is 4.69. The molecule has 4 heteroatoms. The van der Waals surface area contributed by atoms with E-state index in [1.54, 1.807) is 0 Å². The maximum absolute atomic E-state index is 4.70. The number of aromatic nitrogens is 2. The maximum atomic E-state index is 4.70. The number of nitrogens with zero attached hydrogens (tertiary/aromatic N) is 2. The van der Waals surface area contributed by atoms with Crippen LogP contribution in [0.2, 0.25) is 0 Å². The predicted octanol–water partition coefficient (Wildman–Crippen LogP) is 2.05. The van der Waals surface area contributed by atoms with Crippen molar-refractivity contribution in [3.63, 3.8) is 0 Å². The average Bonchev–Trinajstić information content (AvgIpc) is 2.75. The lowest BCUT2D eigenvalue weighted by molar-refractivity contribution is 0.707. The van der Waals surface area contributed by atoms with Gasteiger partial charge in [-0.1, -0.05) is 24.3 Å². The van der Waals surface area contributed by atoms with Crippen LogP contribution in [0.15, 0.2) is 24.3 Å². The topological polar surface area (TPSA) is 49.8 Å². The molecule has 2 heterocycles. The molecule has 0 fully saturated rings. The fourth-order valence-electron chi connectivity index (χ4n) is 3.64. The van der Waals surface area contributed by atoms with E-state index in [1.807, 2.05) is 6.92 Å². The van der Waals surface area contributed by atoms with E-state index in [9.17, 15) is 0 Å². The summed E-state index contributed by atoms with van der Waals surface area (Å²) in [6.45, 7) is 4.02. The minimum Gasteiger partial charge on any atom is -0.366 e. The highest BCUT2D eigenvalue weighted by molar-refractivity contribution is 5.50. The smallest absolute Gasteiger partial charge is 0.133 e. The molecule has 4 rings (SSSR count). The fraction of sp³-hybridized carbons (Fsp3) is 0.444. The Kier molecular flexibility index (Phi) is 3.54. The van der Waals surface area contributed by atoms with E-state index in [1.165, 1.54) is 22.4 Å². The second-order valence-corrected chi connectivity index (χ2v) is 6.31. The molecule has 22 heavy (non-hydrogen) atoms. The number of aryl methyl sites for hydroxylation is 1. The molecule has 1 aliphatic heterocycles. The lowest BCUT2D eigenvalue weighted by Gasteiger charge is -2.18. The van der Waals surface area contributed by atoms with Crippen LogP contribution in [0.1, 0.15) is 28.2 Å². The zero-order chi connectivity index (χ0) is 14.9. The van der Waals surface area contributed by atoms with Crippen LogP contribution in [0, 0.1) is 6.92 Å². The second-order valence-electron chi connectivity index (χ2n) is 6.31. The van der Waals surface area contributed by atoms with Crippen LogP contribution in [0.3, 0.4) is 0 Å². The molecule has 1 aromatic carbocycles. The lowest BCUT2D eigenvalue weighted by atomic mass is 10.1. The first kappa shape index (κ1) is 13.7. The number of hydrogen-bond acceptors (Lipinski definition) is 4. The zero-order valence-corrected chi connectivity index (χ0v) is 13.0. The SMILES string of the molecule is Cc1nc2c(c(NC3Cc4ccccc4C3)n1)CCNCC2. The molecule has 114 valence electrons. The summed E-state index contributed by atoms with van der Waals surface area (Å²) < 4.78 is 0. The molecule has 0 radical (unpaired) electrons. The van der Waals surface area contributed by atoms with E-state index < -0.39 is 0 Å². The number of benzene rings is 1. The van der Waals surface area contributed by atoms with Crippen LogP contribution in [0.25, 0.3) is 0 Å². The Hall–Kier alpha value is -1.94. The Morgan fingerprint density at radius 3 is 2.55 bits per heavy atom. The Morgan fingerprint density at radius 1 is 1.05 bits per heavy atom. The summed E-state index contributed by atoms with van der Waals surface area (Å²) in [5.41, 5.74) is 5.47. The van der Waals surface area contributed by atoms with Crippen molar-refractivity contribution in [3.8, 4) is 0 Å². The number of hydrogen-bond donors (Lipinski definition) is 2. The highest BCUT2D eigenvalue weighted by atomic mass is 15.1. The summed E-state index contributed by atoms with van der Waals surface area (Å²) in [5.74, 6) is 1.93. The second kappa shape index (κ2) is 5.69. The first-order chi connectivity index (χ1) is 10.8. The molecule has 4 nitrogen and oxygen atoms in total. The van der Waals surface area contributed by atoms with Crippen LogP contribution in [0.4, 0.5) is 5.82 Å². The fourth-order valence-corrected chi connectivity index (χ4v) is 3.64. The summed E-state index contributed by atoms with van der Waals surface area (Å²) in [4.78, 5) is 9.36. The van der Waals surface area contributed by atoms with Gasteiger partial charge in [0.05, 0.1) is 5.69 Å². The Morgan fingerprint density at radius 2 is 1.77 bits per heavy atom. The molecular formula is C18H22N4. The van der Waals surface area contributed by atoms with E-state index in [0.29, 0.717) is 6.04 Å². The standard InChI is InChI=1S/C18H22N4/c1-12-20-17-7-9-19-8-6-16(17)18(21-12)22-15-10-13-4-2-3-5-14(13)11-15/h2-5,15,19H,6-11H2,1H3,(H,20,21,22). The molecule has 2 N–H and O–H groups in total. The minimum atomic E-state index is 0.451. The largest absolute Gasteiger partial charge is 0.366 e. The molecule has 0 bridgehead atoms. The quantitative estimate of drug-likeness (QED) is 0.890. The van der Waals surface area contributed by atoms with Gasteiger partial charge in [0.2, 0.25) is 0 Å². The van der Waals surface area contributed by atoms with Crippen molar-refractivity contribution in [2.45, 2.75) is 38.6 Å². The van der Waals surface area contributed by atoms with Crippen molar-refractivity contribution in [2.24, 2.45) is 0 Å². The first-order valence-corrected chi connectivity index (χ1v) is 8.20. The van der Waals surface area contributed by atoms with Gasteiger partial charge in [0.15, 0.2) is 0 Å². The predicted molar refractivity (Wildman–Crippen MR) is 88.3 cm³/mol. The van der Waals surface area contributed by atoms with Crippen molar-refractivity contribution in [1.82, 2.24) is 15.3 Å². The molecule has 0 saturated heterocycles.